The lowest BCUT2D eigenvalue weighted by Crippen LogP contribution is -2.53. The zero-order valence-corrected chi connectivity index (χ0v) is 21.6. The van der Waals surface area contributed by atoms with Gasteiger partial charge in [0, 0.05) is 59.7 Å². The van der Waals surface area contributed by atoms with E-state index in [-0.39, 0.29) is 36.2 Å². The van der Waals surface area contributed by atoms with E-state index in [1.807, 2.05) is 30.5 Å². The van der Waals surface area contributed by atoms with Crippen molar-refractivity contribution in [3.05, 3.63) is 64.8 Å². The summed E-state index contributed by atoms with van der Waals surface area (Å²) in [5.41, 5.74) is 4.75. The van der Waals surface area contributed by atoms with E-state index in [0.29, 0.717) is 18.5 Å². The first-order valence-corrected chi connectivity index (χ1v) is 13.4. The number of H-pyrrole nitrogens is 1. The number of alkyl halides is 2. The Morgan fingerprint density at radius 3 is 2.59 bits per heavy atom. The third-order valence-electron chi connectivity index (χ3n) is 8.95. The van der Waals surface area contributed by atoms with Gasteiger partial charge >= 0.3 is 0 Å². The zero-order valence-electron chi connectivity index (χ0n) is 21.6. The number of carbonyl (C=O) groups excluding carboxylic acids is 1. The minimum Gasteiger partial charge on any atom is -0.496 e. The van der Waals surface area contributed by atoms with Crippen LogP contribution in [-0.4, -0.2) is 41.4 Å². The van der Waals surface area contributed by atoms with E-state index in [9.17, 15) is 13.6 Å². The second-order valence-corrected chi connectivity index (χ2v) is 11.5. The molecule has 2 aromatic carbocycles. The van der Waals surface area contributed by atoms with Gasteiger partial charge in [0.1, 0.15) is 5.75 Å². The van der Waals surface area contributed by atoms with Gasteiger partial charge in [-0.15, -0.1) is 0 Å². The molecule has 1 spiro atoms. The summed E-state index contributed by atoms with van der Waals surface area (Å²) < 4.78 is 33.8. The molecule has 2 N–H and O–H groups in total. The number of carbonyl (C=O) groups is 1. The Bertz CT molecular complexity index is 1300. The fourth-order valence-electron chi connectivity index (χ4n) is 6.72. The van der Waals surface area contributed by atoms with Crippen molar-refractivity contribution in [3.8, 4) is 5.75 Å². The van der Waals surface area contributed by atoms with Crippen molar-refractivity contribution in [2.45, 2.75) is 76.4 Å². The molecular formula is C30H35F2N3O2. The van der Waals surface area contributed by atoms with E-state index in [2.05, 4.69) is 34.3 Å². The molecule has 7 heteroatoms. The van der Waals surface area contributed by atoms with Crippen LogP contribution in [0.2, 0.25) is 0 Å². The minimum atomic E-state index is -2.55. The van der Waals surface area contributed by atoms with Crippen molar-refractivity contribution in [2.24, 2.45) is 5.41 Å². The van der Waals surface area contributed by atoms with Crippen LogP contribution in [0.3, 0.4) is 0 Å². The van der Waals surface area contributed by atoms with Gasteiger partial charge in [-0.3, -0.25) is 9.69 Å². The molecule has 2 heterocycles. The molecule has 37 heavy (non-hydrogen) atoms. The molecule has 5 nitrogen and oxygen atoms in total. The highest BCUT2D eigenvalue weighted by Crippen LogP contribution is 2.60. The molecule has 1 amide bonds. The first-order chi connectivity index (χ1) is 17.8. The Morgan fingerprint density at radius 2 is 1.95 bits per heavy atom. The normalized spacial score (nSPS) is 23.0. The number of halogens is 2. The second kappa shape index (κ2) is 9.12. The Labute approximate surface area is 216 Å². The van der Waals surface area contributed by atoms with Crippen LogP contribution in [0.4, 0.5) is 8.78 Å². The smallest absolute Gasteiger partial charge is 0.251 e. The standard InChI is InChI=1S/C30H35F2N3O2/c1-19-14-26(37-2)24(23-10-12-33-27(19)23)16-35-13-11-29(17-30(31,32)18-29)15-25(35)20-6-8-21(9-7-20)28(36)34-22-4-3-5-22/h6-10,12,14,22,25,33H,3-5,11,13,15-18H2,1-2H3,(H,34,36)/t25-/m0/s1. The van der Waals surface area contributed by atoms with Gasteiger partial charge in [0.15, 0.2) is 0 Å². The number of rotatable bonds is 6. The molecule has 2 saturated carbocycles. The van der Waals surface area contributed by atoms with Crippen LogP contribution in [0.15, 0.2) is 42.6 Å². The molecule has 1 aliphatic heterocycles. The number of ether oxygens (including phenoxy) is 1. The maximum atomic E-state index is 14.0. The van der Waals surface area contributed by atoms with Gasteiger partial charge in [-0.2, -0.15) is 0 Å². The van der Waals surface area contributed by atoms with Crippen molar-refractivity contribution in [2.75, 3.05) is 13.7 Å². The summed E-state index contributed by atoms with van der Waals surface area (Å²) in [6, 6.07) is 12.2. The summed E-state index contributed by atoms with van der Waals surface area (Å²) in [6.07, 6.45) is 6.63. The number of amides is 1. The molecule has 2 aliphatic carbocycles. The SMILES string of the molecule is COc1cc(C)c2[nH]ccc2c1CN1CCC2(C[C@H]1c1ccc(C(=O)NC3CCC3)cc1)CC(F)(F)C2. The van der Waals surface area contributed by atoms with Crippen molar-refractivity contribution < 1.29 is 18.3 Å². The van der Waals surface area contributed by atoms with Gasteiger partial charge in [0.2, 0.25) is 5.92 Å². The topological polar surface area (TPSA) is 57.4 Å². The maximum Gasteiger partial charge on any atom is 0.251 e. The van der Waals surface area contributed by atoms with Crippen molar-refractivity contribution in [1.29, 1.82) is 0 Å². The molecule has 0 bridgehead atoms. The third kappa shape index (κ3) is 4.52. The quantitative estimate of drug-likeness (QED) is 0.399. The number of benzene rings is 2. The summed E-state index contributed by atoms with van der Waals surface area (Å²) in [6.45, 7) is 3.48. The minimum absolute atomic E-state index is 0.00593. The van der Waals surface area contributed by atoms with E-state index in [1.54, 1.807) is 7.11 Å². The van der Waals surface area contributed by atoms with Crippen LogP contribution >= 0.6 is 0 Å². The molecule has 1 aromatic heterocycles. The van der Waals surface area contributed by atoms with Crippen LogP contribution in [0.5, 0.6) is 5.75 Å². The summed E-state index contributed by atoms with van der Waals surface area (Å²) in [5, 5.41) is 4.23. The number of piperidine rings is 1. The molecule has 0 radical (unpaired) electrons. The number of hydrogen-bond donors (Lipinski definition) is 2. The highest BCUT2D eigenvalue weighted by atomic mass is 19.3. The number of aromatic nitrogens is 1. The molecule has 196 valence electrons. The number of methoxy groups -OCH3 is 1. The molecule has 3 aliphatic rings. The van der Waals surface area contributed by atoms with Gasteiger partial charge in [0.05, 0.1) is 7.11 Å². The molecular weight excluding hydrogens is 472 g/mol. The van der Waals surface area contributed by atoms with E-state index in [4.69, 9.17) is 4.74 Å². The predicted molar refractivity (Wildman–Crippen MR) is 140 cm³/mol. The van der Waals surface area contributed by atoms with Gasteiger partial charge in [-0.05, 0) is 86.4 Å². The fourth-order valence-corrected chi connectivity index (χ4v) is 6.72. The number of hydrogen-bond acceptors (Lipinski definition) is 3. The average molecular weight is 508 g/mol. The van der Waals surface area contributed by atoms with Crippen LogP contribution in [-0.2, 0) is 6.54 Å². The van der Waals surface area contributed by atoms with Crippen LogP contribution < -0.4 is 10.1 Å². The van der Waals surface area contributed by atoms with Crippen molar-refractivity contribution >= 4 is 16.8 Å². The van der Waals surface area contributed by atoms with Crippen LogP contribution in [0.25, 0.3) is 10.9 Å². The first-order valence-electron chi connectivity index (χ1n) is 13.4. The number of fused-ring (bicyclic) bond motifs is 1. The Morgan fingerprint density at radius 1 is 1.19 bits per heavy atom. The zero-order chi connectivity index (χ0) is 25.8. The molecule has 1 saturated heterocycles. The van der Waals surface area contributed by atoms with E-state index >= 15 is 0 Å². The average Bonchev–Trinajstić information content (AvgIpc) is 3.33. The van der Waals surface area contributed by atoms with Gasteiger partial charge < -0.3 is 15.0 Å². The van der Waals surface area contributed by atoms with Gasteiger partial charge in [-0.25, -0.2) is 8.78 Å². The number of aryl methyl sites for hydroxylation is 1. The number of nitrogens with zero attached hydrogens (tertiary/aromatic N) is 1. The van der Waals surface area contributed by atoms with Crippen molar-refractivity contribution in [3.63, 3.8) is 0 Å². The maximum absolute atomic E-state index is 14.0. The summed E-state index contributed by atoms with van der Waals surface area (Å²) >= 11 is 0. The van der Waals surface area contributed by atoms with Crippen molar-refractivity contribution in [1.82, 2.24) is 15.2 Å². The monoisotopic (exact) mass is 507 g/mol. The number of aromatic amines is 1. The molecule has 1 atom stereocenters. The lowest BCUT2D eigenvalue weighted by atomic mass is 9.59. The summed E-state index contributed by atoms with van der Waals surface area (Å²) in [5.74, 6) is -1.74. The molecule has 3 fully saturated rings. The highest BCUT2D eigenvalue weighted by molar-refractivity contribution is 5.94. The van der Waals surface area contributed by atoms with Crippen LogP contribution in [0, 0.1) is 12.3 Å². The third-order valence-corrected chi connectivity index (χ3v) is 8.95. The lowest BCUT2D eigenvalue weighted by molar-refractivity contribution is -0.186. The Hall–Kier alpha value is -2.93. The first kappa shape index (κ1) is 24.4. The van der Waals surface area contributed by atoms with Gasteiger partial charge in [0.25, 0.3) is 5.91 Å². The summed E-state index contributed by atoms with van der Waals surface area (Å²) in [7, 11) is 1.70. The number of nitrogens with one attached hydrogen (secondary N) is 2. The Kier molecular flexibility index (Phi) is 6.02. The molecule has 0 unspecified atom stereocenters. The molecule has 6 rings (SSSR count). The van der Waals surface area contributed by atoms with Crippen LogP contribution in [0.1, 0.15) is 78.0 Å². The van der Waals surface area contributed by atoms with E-state index in [0.717, 1.165) is 59.2 Å². The number of likely N-dealkylation sites (tertiary alicyclic amines) is 1. The summed E-state index contributed by atoms with van der Waals surface area (Å²) in [4.78, 5) is 18.4. The van der Waals surface area contributed by atoms with E-state index < -0.39 is 5.92 Å². The largest absolute Gasteiger partial charge is 0.496 e. The Balaban J connectivity index is 1.29. The fraction of sp³-hybridized carbons (Fsp3) is 0.500. The van der Waals surface area contributed by atoms with E-state index in [1.165, 1.54) is 6.42 Å². The molecule has 3 aromatic rings. The second-order valence-electron chi connectivity index (χ2n) is 11.5. The lowest BCUT2D eigenvalue weighted by Gasteiger charge is -2.54. The highest BCUT2D eigenvalue weighted by Gasteiger charge is 2.58. The van der Waals surface area contributed by atoms with Gasteiger partial charge in [-0.1, -0.05) is 12.1 Å². The predicted octanol–water partition coefficient (Wildman–Crippen LogP) is 6.52.